The number of phenols is 1. The third-order valence-corrected chi connectivity index (χ3v) is 7.03. The molecule has 2 unspecified atom stereocenters. The Kier molecular flexibility index (Phi) is 8.10. The number of benzene rings is 3. The maximum absolute atomic E-state index is 12.9. The van der Waals surface area contributed by atoms with Gasteiger partial charge in [0.05, 0.1) is 11.2 Å². The van der Waals surface area contributed by atoms with Gasteiger partial charge in [0.15, 0.2) is 6.61 Å². The molecule has 2 N–H and O–H groups in total. The lowest BCUT2D eigenvalue weighted by molar-refractivity contribution is -0.137. The highest BCUT2D eigenvalue weighted by Gasteiger charge is 2.28. The fraction of sp³-hybridized carbons (Fsp3) is 0.321. The molecule has 3 aromatic rings. The number of nitrogens with one attached hydrogen (secondary N) is 1. The molecular formula is C28H30ClN3O4. The first kappa shape index (κ1) is 25.5. The number of halogens is 1. The van der Waals surface area contributed by atoms with Gasteiger partial charge < -0.3 is 14.7 Å². The van der Waals surface area contributed by atoms with Crippen molar-refractivity contribution in [3.8, 4) is 11.5 Å². The molecule has 1 saturated heterocycles. The molecule has 0 saturated carbocycles. The van der Waals surface area contributed by atoms with E-state index in [0.29, 0.717) is 11.7 Å². The van der Waals surface area contributed by atoms with E-state index in [2.05, 4.69) is 24.4 Å². The van der Waals surface area contributed by atoms with Crippen LogP contribution in [-0.2, 0) is 4.79 Å². The number of likely N-dealkylation sites (tertiary alicyclic amines) is 1. The van der Waals surface area contributed by atoms with Crippen LogP contribution < -0.4 is 10.2 Å². The zero-order valence-electron chi connectivity index (χ0n) is 20.4. The van der Waals surface area contributed by atoms with E-state index in [-0.39, 0.29) is 34.9 Å². The van der Waals surface area contributed by atoms with Crippen LogP contribution >= 0.6 is 11.6 Å². The van der Waals surface area contributed by atoms with Crippen molar-refractivity contribution in [3.05, 3.63) is 70.7 Å². The maximum Gasteiger partial charge on any atom is 0.271 e. The Hall–Kier alpha value is -3.58. The van der Waals surface area contributed by atoms with Gasteiger partial charge in [-0.1, -0.05) is 49.2 Å². The van der Waals surface area contributed by atoms with Crippen molar-refractivity contribution >= 4 is 40.4 Å². The summed E-state index contributed by atoms with van der Waals surface area (Å²) in [7, 11) is 0. The Morgan fingerprint density at radius 3 is 2.69 bits per heavy atom. The normalized spacial score (nSPS) is 17.9. The van der Waals surface area contributed by atoms with E-state index < -0.39 is 5.91 Å². The number of carbonyl (C=O) groups excluding carboxylic acids is 2. The number of ether oxygens (including phenoxy) is 1. The van der Waals surface area contributed by atoms with E-state index in [9.17, 15) is 14.7 Å². The summed E-state index contributed by atoms with van der Waals surface area (Å²) in [6.07, 6.45) is 4.82. The van der Waals surface area contributed by atoms with Crippen LogP contribution in [0.15, 0.2) is 59.7 Å². The number of fused-ring (bicyclic) bond motifs is 1. The van der Waals surface area contributed by atoms with Gasteiger partial charge in [0.1, 0.15) is 11.5 Å². The molecule has 0 spiro atoms. The number of phenolic OH excluding ortho intramolecular Hbond substituents is 1. The number of aromatic hydroxyl groups is 1. The highest BCUT2D eigenvalue weighted by Crippen LogP contribution is 2.29. The van der Waals surface area contributed by atoms with Gasteiger partial charge in [0, 0.05) is 29.1 Å². The molecule has 36 heavy (non-hydrogen) atoms. The number of hydrazone groups is 1. The highest BCUT2D eigenvalue weighted by atomic mass is 35.5. The second-order valence-corrected chi connectivity index (χ2v) is 9.51. The average molecular weight is 508 g/mol. The fourth-order valence-corrected chi connectivity index (χ4v) is 4.67. The molecule has 2 atom stereocenters. The molecule has 4 rings (SSSR count). The van der Waals surface area contributed by atoms with Gasteiger partial charge in [-0.25, -0.2) is 5.43 Å². The van der Waals surface area contributed by atoms with Gasteiger partial charge in [0.2, 0.25) is 0 Å². The SMILES string of the molecule is CCC1CCC(C)N(C(=O)COc2ccc(C=NNC(=O)c3ccc(O)c(Cl)c3)c3ccccc23)C1. The third-order valence-electron chi connectivity index (χ3n) is 6.73. The zero-order valence-corrected chi connectivity index (χ0v) is 21.2. The number of hydrogen-bond donors (Lipinski definition) is 2. The number of amides is 2. The van der Waals surface area contributed by atoms with Crippen molar-refractivity contribution < 1.29 is 19.4 Å². The van der Waals surface area contributed by atoms with E-state index in [1.807, 2.05) is 41.3 Å². The minimum absolute atomic E-state index is 0.00687. The second-order valence-electron chi connectivity index (χ2n) is 9.10. The van der Waals surface area contributed by atoms with Gasteiger partial charge >= 0.3 is 0 Å². The van der Waals surface area contributed by atoms with E-state index in [1.165, 1.54) is 24.6 Å². The van der Waals surface area contributed by atoms with Crippen LogP contribution in [0.5, 0.6) is 11.5 Å². The number of carbonyl (C=O) groups is 2. The van der Waals surface area contributed by atoms with E-state index >= 15 is 0 Å². The summed E-state index contributed by atoms with van der Waals surface area (Å²) in [4.78, 5) is 27.2. The molecule has 0 aromatic heterocycles. The quantitative estimate of drug-likeness (QED) is 0.332. The van der Waals surface area contributed by atoms with Gasteiger partial charge in [-0.05, 0) is 61.4 Å². The first-order valence-corrected chi connectivity index (χ1v) is 12.5. The minimum Gasteiger partial charge on any atom is -0.506 e. The van der Waals surface area contributed by atoms with Gasteiger partial charge in [-0.3, -0.25) is 9.59 Å². The van der Waals surface area contributed by atoms with E-state index in [0.717, 1.165) is 35.7 Å². The number of hydrogen-bond acceptors (Lipinski definition) is 5. The van der Waals surface area contributed by atoms with Crippen molar-refractivity contribution in [2.75, 3.05) is 13.2 Å². The van der Waals surface area contributed by atoms with E-state index in [4.69, 9.17) is 16.3 Å². The van der Waals surface area contributed by atoms with Crippen LogP contribution in [0.1, 0.15) is 49.0 Å². The molecule has 1 aliphatic heterocycles. The number of nitrogens with zero attached hydrogens (tertiary/aromatic N) is 2. The molecule has 0 radical (unpaired) electrons. The molecule has 0 aliphatic carbocycles. The van der Waals surface area contributed by atoms with Crippen molar-refractivity contribution in [1.82, 2.24) is 10.3 Å². The Labute approximate surface area is 215 Å². The lowest BCUT2D eigenvalue weighted by Gasteiger charge is -2.37. The number of rotatable bonds is 7. The predicted molar refractivity (Wildman–Crippen MR) is 142 cm³/mol. The van der Waals surface area contributed by atoms with Crippen molar-refractivity contribution in [3.63, 3.8) is 0 Å². The summed E-state index contributed by atoms with van der Waals surface area (Å²) in [5.74, 6) is 0.634. The molecule has 0 bridgehead atoms. The second kappa shape index (κ2) is 11.4. The summed E-state index contributed by atoms with van der Waals surface area (Å²) >= 11 is 5.87. The van der Waals surface area contributed by atoms with Crippen molar-refractivity contribution in [1.29, 1.82) is 0 Å². The average Bonchev–Trinajstić information content (AvgIpc) is 2.89. The maximum atomic E-state index is 12.9. The number of piperidine rings is 1. The third kappa shape index (κ3) is 5.79. The Morgan fingerprint density at radius 1 is 1.17 bits per heavy atom. The lowest BCUT2D eigenvalue weighted by atomic mass is 9.91. The summed E-state index contributed by atoms with van der Waals surface area (Å²) in [6.45, 7) is 5.05. The summed E-state index contributed by atoms with van der Waals surface area (Å²) < 4.78 is 5.99. The highest BCUT2D eigenvalue weighted by molar-refractivity contribution is 6.32. The largest absolute Gasteiger partial charge is 0.506 e. The summed E-state index contributed by atoms with van der Waals surface area (Å²) in [5.41, 5.74) is 3.53. The summed E-state index contributed by atoms with van der Waals surface area (Å²) in [5, 5.41) is 15.4. The predicted octanol–water partition coefficient (Wildman–Crippen LogP) is 5.38. The van der Waals surface area contributed by atoms with Crippen LogP contribution in [0.3, 0.4) is 0 Å². The van der Waals surface area contributed by atoms with Gasteiger partial charge in [-0.2, -0.15) is 5.10 Å². The molecule has 1 aliphatic rings. The van der Waals surface area contributed by atoms with Gasteiger partial charge in [0.25, 0.3) is 11.8 Å². The molecule has 1 fully saturated rings. The molecule has 2 amide bonds. The lowest BCUT2D eigenvalue weighted by Crippen LogP contribution is -2.47. The van der Waals surface area contributed by atoms with E-state index in [1.54, 1.807) is 6.21 Å². The first-order chi connectivity index (χ1) is 17.4. The Morgan fingerprint density at radius 2 is 1.94 bits per heavy atom. The Bertz CT molecular complexity index is 1290. The van der Waals surface area contributed by atoms with Crippen LogP contribution in [0.2, 0.25) is 5.02 Å². The first-order valence-electron chi connectivity index (χ1n) is 12.1. The topological polar surface area (TPSA) is 91.2 Å². The van der Waals surface area contributed by atoms with Crippen molar-refractivity contribution in [2.24, 2.45) is 11.0 Å². The molecule has 7 nitrogen and oxygen atoms in total. The van der Waals surface area contributed by atoms with Crippen LogP contribution in [0.4, 0.5) is 0 Å². The van der Waals surface area contributed by atoms with Crippen LogP contribution in [0, 0.1) is 5.92 Å². The van der Waals surface area contributed by atoms with Crippen molar-refractivity contribution in [2.45, 2.75) is 39.2 Å². The summed E-state index contributed by atoms with van der Waals surface area (Å²) in [6, 6.07) is 15.8. The standard InChI is InChI=1S/C28H30ClN3O4/c1-3-19-9-8-18(2)32(16-19)27(34)17-36-26-13-11-21(22-6-4-5-7-23(22)26)15-30-31-28(35)20-10-12-25(33)24(29)14-20/h4-7,10-15,18-19,33H,3,8-9,16-17H2,1-2H3,(H,31,35). The smallest absolute Gasteiger partial charge is 0.271 e. The molecule has 8 heteroatoms. The molecule has 3 aromatic carbocycles. The van der Waals surface area contributed by atoms with Gasteiger partial charge in [-0.15, -0.1) is 0 Å². The zero-order chi connectivity index (χ0) is 25.7. The minimum atomic E-state index is -0.451. The monoisotopic (exact) mass is 507 g/mol. The molecule has 1 heterocycles. The van der Waals surface area contributed by atoms with Crippen LogP contribution in [-0.4, -0.2) is 47.2 Å². The van der Waals surface area contributed by atoms with Crippen LogP contribution in [0.25, 0.3) is 10.8 Å². The molecular weight excluding hydrogens is 478 g/mol. The Balaban J connectivity index is 1.45. The fourth-order valence-electron chi connectivity index (χ4n) is 4.49. The molecule has 188 valence electrons.